The lowest BCUT2D eigenvalue weighted by molar-refractivity contribution is 0.130. The minimum Gasteiger partial charge on any atom is -0.391 e. The molecule has 2 heterocycles. The number of likely N-dealkylation sites (tertiary alicyclic amines) is 1. The minimum absolute atomic E-state index is 0.0783. The molecule has 0 bridgehead atoms. The van der Waals surface area contributed by atoms with Crippen molar-refractivity contribution in [2.45, 2.75) is 25.9 Å². The summed E-state index contributed by atoms with van der Waals surface area (Å²) in [5.41, 5.74) is 11.6. The van der Waals surface area contributed by atoms with Crippen molar-refractivity contribution in [3.63, 3.8) is 0 Å². The number of nitrogens with two attached hydrogens (primary N) is 1. The lowest BCUT2D eigenvalue weighted by atomic mass is 10.0. The molecule has 1 fully saturated rings. The van der Waals surface area contributed by atoms with E-state index >= 15 is 0 Å². The van der Waals surface area contributed by atoms with Crippen LogP contribution in [0.4, 0.5) is 0 Å². The van der Waals surface area contributed by atoms with Crippen LogP contribution in [-0.2, 0) is 11.4 Å². The van der Waals surface area contributed by atoms with Gasteiger partial charge in [0.05, 0.1) is 11.6 Å². The Morgan fingerprint density at radius 1 is 1.06 bits per heavy atom. The monoisotopic (exact) mass is 480 g/mol. The van der Waals surface area contributed by atoms with Gasteiger partial charge in [-0.05, 0) is 41.7 Å². The third-order valence-electron chi connectivity index (χ3n) is 6.35. The van der Waals surface area contributed by atoms with Crippen molar-refractivity contribution in [3.05, 3.63) is 95.9 Å². The third-order valence-corrected chi connectivity index (χ3v) is 6.35. The average molecular weight is 481 g/mol. The fourth-order valence-electron chi connectivity index (χ4n) is 4.29. The Labute approximate surface area is 209 Å². The smallest absolute Gasteiger partial charge is 0.231 e. The molecule has 8 heteroatoms. The van der Waals surface area contributed by atoms with E-state index in [0.717, 1.165) is 40.9 Å². The molecule has 36 heavy (non-hydrogen) atoms. The third kappa shape index (κ3) is 5.27. The molecule has 8 nitrogen and oxygen atoms in total. The Morgan fingerprint density at radius 2 is 1.83 bits per heavy atom. The maximum Gasteiger partial charge on any atom is 0.231 e. The lowest BCUT2D eigenvalue weighted by Crippen LogP contribution is -2.34. The number of benzene rings is 3. The van der Waals surface area contributed by atoms with Crippen molar-refractivity contribution >= 4 is 11.7 Å². The number of hydrogen-bond donors (Lipinski definition) is 2. The van der Waals surface area contributed by atoms with E-state index in [-0.39, 0.29) is 11.9 Å². The molecule has 0 saturated carbocycles. The summed E-state index contributed by atoms with van der Waals surface area (Å²) in [7, 11) is 0. The first kappa shape index (κ1) is 23.3. The summed E-state index contributed by atoms with van der Waals surface area (Å²) in [6.07, 6.45) is 0.840. The quantitative estimate of drug-likeness (QED) is 0.218. The summed E-state index contributed by atoms with van der Waals surface area (Å²) in [5.74, 6) is 1.30. The number of nitrogens with zero attached hydrogens (tertiary/aromatic N) is 4. The fourth-order valence-corrected chi connectivity index (χ4v) is 4.29. The van der Waals surface area contributed by atoms with Crippen molar-refractivity contribution < 1.29 is 9.36 Å². The van der Waals surface area contributed by atoms with Crippen LogP contribution in [0, 0.1) is 5.41 Å². The van der Waals surface area contributed by atoms with E-state index in [1.54, 1.807) is 0 Å². The highest BCUT2D eigenvalue weighted by atomic mass is 16.6. The Bertz CT molecular complexity index is 1360. The summed E-state index contributed by atoms with van der Waals surface area (Å²) in [6.45, 7) is 3.67. The van der Waals surface area contributed by atoms with Gasteiger partial charge in [-0.3, -0.25) is 5.41 Å². The summed E-state index contributed by atoms with van der Waals surface area (Å²) >= 11 is 0. The van der Waals surface area contributed by atoms with Crippen LogP contribution in [0.25, 0.3) is 22.5 Å². The molecule has 5 rings (SSSR count). The first-order valence-electron chi connectivity index (χ1n) is 11.9. The first-order valence-corrected chi connectivity index (χ1v) is 11.9. The second-order valence-corrected chi connectivity index (χ2v) is 8.87. The van der Waals surface area contributed by atoms with Crippen LogP contribution in [0.5, 0.6) is 0 Å². The molecule has 182 valence electrons. The van der Waals surface area contributed by atoms with Crippen molar-refractivity contribution in [2.75, 3.05) is 13.1 Å². The molecule has 3 N–H and O–H groups in total. The molecule has 1 aromatic heterocycles. The van der Waals surface area contributed by atoms with E-state index in [1.807, 2.05) is 66.4 Å². The topological polar surface area (TPSA) is 114 Å². The van der Waals surface area contributed by atoms with Crippen LogP contribution in [0.3, 0.4) is 0 Å². The normalized spacial score (nSPS) is 15.8. The van der Waals surface area contributed by atoms with Gasteiger partial charge in [0.1, 0.15) is 6.61 Å². The van der Waals surface area contributed by atoms with Gasteiger partial charge >= 0.3 is 0 Å². The van der Waals surface area contributed by atoms with Gasteiger partial charge in [0, 0.05) is 18.7 Å². The lowest BCUT2D eigenvalue weighted by Gasteiger charge is -2.14. The molecule has 0 radical (unpaired) electrons. The largest absolute Gasteiger partial charge is 0.391 e. The molecule has 0 aliphatic carbocycles. The zero-order chi connectivity index (χ0) is 24.9. The van der Waals surface area contributed by atoms with E-state index < -0.39 is 0 Å². The predicted octanol–water partition coefficient (Wildman–Crippen LogP) is 5.03. The summed E-state index contributed by atoms with van der Waals surface area (Å²) in [6, 6.07) is 26.4. The number of nitrogens with one attached hydrogen (secondary N) is 1. The van der Waals surface area contributed by atoms with Crippen molar-refractivity contribution in [1.29, 1.82) is 5.41 Å². The average Bonchev–Trinajstić information content (AvgIpc) is 3.60. The van der Waals surface area contributed by atoms with Gasteiger partial charge in [0.25, 0.3) is 0 Å². The van der Waals surface area contributed by atoms with Gasteiger partial charge in [-0.1, -0.05) is 83.1 Å². The zero-order valence-corrected chi connectivity index (χ0v) is 20.1. The Morgan fingerprint density at radius 3 is 2.58 bits per heavy atom. The first-order chi connectivity index (χ1) is 17.6. The van der Waals surface area contributed by atoms with Crippen LogP contribution in [0.15, 0.2) is 88.5 Å². The van der Waals surface area contributed by atoms with E-state index in [0.29, 0.717) is 24.9 Å². The molecule has 0 amide bonds. The van der Waals surface area contributed by atoms with Gasteiger partial charge in [-0.15, -0.1) is 0 Å². The molecule has 0 spiro atoms. The maximum absolute atomic E-state index is 7.58. The molecule has 1 atom stereocenters. The Kier molecular flexibility index (Phi) is 6.75. The highest BCUT2D eigenvalue weighted by Gasteiger charge is 2.29. The summed E-state index contributed by atoms with van der Waals surface area (Å²) in [5, 5.41) is 16.0. The molecule has 4 aromatic rings. The number of hydrogen-bond acceptors (Lipinski definition) is 6. The van der Waals surface area contributed by atoms with Crippen molar-refractivity contribution in [1.82, 2.24) is 15.0 Å². The highest BCUT2D eigenvalue weighted by molar-refractivity contribution is 5.98. The maximum atomic E-state index is 7.58. The molecule has 1 aliphatic heterocycles. The van der Waals surface area contributed by atoms with E-state index in [9.17, 15) is 0 Å². The Hall–Kier alpha value is -4.46. The van der Waals surface area contributed by atoms with Gasteiger partial charge in [0.2, 0.25) is 11.7 Å². The van der Waals surface area contributed by atoms with Crippen molar-refractivity contribution in [2.24, 2.45) is 10.9 Å². The van der Waals surface area contributed by atoms with Crippen LogP contribution in [0.2, 0.25) is 0 Å². The summed E-state index contributed by atoms with van der Waals surface area (Å²) in [4.78, 5) is 12.0. The fraction of sp³-hybridized carbons (Fsp3) is 0.214. The minimum atomic E-state index is 0.0783. The van der Waals surface area contributed by atoms with Crippen LogP contribution >= 0.6 is 0 Å². The molecular formula is C28H28N6O2. The van der Waals surface area contributed by atoms with Crippen LogP contribution in [-0.4, -0.2) is 39.8 Å². The van der Waals surface area contributed by atoms with E-state index in [2.05, 4.69) is 39.6 Å². The number of guanidine groups is 1. The molecular weight excluding hydrogens is 452 g/mol. The van der Waals surface area contributed by atoms with Crippen LogP contribution in [0.1, 0.15) is 36.3 Å². The van der Waals surface area contributed by atoms with Gasteiger partial charge < -0.3 is 20.0 Å². The van der Waals surface area contributed by atoms with Crippen molar-refractivity contribution in [3.8, 4) is 22.5 Å². The van der Waals surface area contributed by atoms with E-state index in [4.69, 9.17) is 20.5 Å². The summed E-state index contributed by atoms with van der Waals surface area (Å²) < 4.78 is 5.50. The van der Waals surface area contributed by atoms with E-state index in [1.165, 1.54) is 5.56 Å². The molecule has 1 saturated heterocycles. The molecule has 1 aliphatic rings. The molecule has 3 aromatic carbocycles. The number of rotatable bonds is 7. The van der Waals surface area contributed by atoms with Gasteiger partial charge in [0.15, 0.2) is 5.96 Å². The predicted molar refractivity (Wildman–Crippen MR) is 139 cm³/mol. The highest BCUT2D eigenvalue weighted by Crippen LogP contribution is 2.27. The zero-order valence-electron chi connectivity index (χ0n) is 20.1. The van der Waals surface area contributed by atoms with Gasteiger partial charge in [-0.25, -0.2) is 0 Å². The molecule has 1 unspecified atom stereocenters. The Balaban J connectivity index is 1.19. The second kappa shape index (κ2) is 10.4. The second-order valence-electron chi connectivity index (χ2n) is 8.87. The SMILES string of the molecule is CC(=NOCc1cccc(-c2ccccc2)c1)c1ccc(-c2noc(C3CCN(C(=N)N)C3)n2)cc1. The number of oxime groups is 1. The number of aromatic nitrogens is 2. The van der Waals surface area contributed by atoms with Gasteiger partial charge in [-0.2, -0.15) is 4.98 Å². The van der Waals surface area contributed by atoms with Crippen LogP contribution < -0.4 is 5.73 Å². The standard InChI is InChI=1S/C28H28N6O2/c1-19(32-35-18-20-6-5-9-24(16-20)22-7-3-2-4-8-22)21-10-12-23(13-11-21)26-31-27(36-33-26)25-14-15-34(17-25)28(29)30/h2-13,16,25H,14-15,17-18H2,1H3,(H3,29,30).